The first-order valence-corrected chi connectivity index (χ1v) is 9.12. The molecular weight excluding hydrogens is 350 g/mol. The number of aromatic hydroxyl groups is 1. The molecule has 0 aliphatic carbocycles. The van der Waals surface area contributed by atoms with Crippen molar-refractivity contribution in [2.24, 2.45) is 0 Å². The number of methoxy groups -OCH3 is 1. The molecule has 140 valence electrons. The van der Waals surface area contributed by atoms with Crippen LogP contribution in [0.2, 0.25) is 0 Å². The van der Waals surface area contributed by atoms with E-state index in [9.17, 15) is 5.11 Å². The van der Waals surface area contributed by atoms with Crippen LogP contribution < -0.4 is 15.0 Å². The highest BCUT2D eigenvalue weighted by Crippen LogP contribution is 2.36. The molecule has 4 rings (SSSR count). The van der Waals surface area contributed by atoms with E-state index in [1.807, 2.05) is 73.7 Å². The monoisotopic (exact) mass is 372 g/mol. The summed E-state index contributed by atoms with van der Waals surface area (Å²) in [6.45, 7) is 2.00. The molecule has 0 bridgehead atoms. The van der Waals surface area contributed by atoms with Crippen molar-refractivity contribution in [1.82, 2.24) is 4.98 Å². The highest BCUT2D eigenvalue weighted by atomic mass is 16.5. The highest BCUT2D eigenvalue weighted by molar-refractivity contribution is 5.85. The summed E-state index contributed by atoms with van der Waals surface area (Å²) in [7, 11) is 1.65. The van der Waals surface area contributed by atoms with Crippen LogP contribution in [0, 0.1) is 6.92 Å². The van der Waals surface area contributed by atoms with Gasteiger partial charge >= 0.3 is 0 Å². The number of ether oxygens (including phenoxy) is 1. The van der Waals surface area contributed by atoms with Gasteiger partial charge in [-0.3, -0.25) is 10.3 Å². The van der Waals surface area contributed by atoms with Crippen molar-refractivity contribution in [3.63, 3.8) is 0 Å². The molecule has 5 nitrogen and oxygen atoms in total. The maximum atomic E-state index is 11.0. The number of pyridine rings is 2. The molecule has 0 saturated carbocycles. The summed E-state index contributed by atoms with van der Waals surface area (Å²) in [6, 6.07) is 21.2. The fourth-order valence-corrected chi connectivity index (χ4v) is 3.34. The summed E-state index contributed by atoms with van der Waals surface area (Å²) in [4.78, 5) is 7.68. The first kappa shape index (κ1) is 17.8. The lowest BCUT2D eigenvalue weighted by atomic mass is 9.96. The van der Waals surface area contributed by atoms with E-state index < -0.39 is 0 Å². The fraction of sp³-hybridized carbons (Fsp3) is 0.130. The average Bonchev–Trinajstić information content (AvgIpc) is 2.73. The highest BCUT2D eigenvalue weighted by Gasteiger charge is 2.24. The predicted octanol–water partition coefficient (Wildman–Crippen LogP) is 4.27. The number of hydrogen-bond donors (Lipinski definition) is 2. The molecule has 0 radical (unpaired) electrons. The summed E-state index contributed by atoms with van der Waals surface area (Å²) in [5.74, 6) is 1.83. The van der Waals surface area contributed by atoms with Gasteiger partial charge in [0.1, 0.15) is 23.1 Å². The molecule has 2 heterocycles. The van der Waals surface area contributed by atoms with E-state index in [0.717, 1.165) is 33.8 Å². The largest absolute Gasteiger partial charge is 0.505 e. The number of nitrogens with zero attached hydrogens (tertiary/aromatic N) is 1. The molecular formula is C23H22N3O2+. The van der Waals surface area contributed by atoms with Gasteiger partial charge in [-0.2, -0.15) is 0 Å². The van der Waals surface area contributed by atoms with Crippen LogP contribution in [0.3, 0.4) is 0 Å². The Morgan fingerprint density at radius 3 is 2.57 bits per heavy atom. The predicted molar refractivity (Wildman–Crippen MR) is 110 cm³/mol. The van der Waals surface area contributed by atoms with Crippen molar-refractivity contribution in [1.29, 1.82) is 0 Å². The van der Waals surface area contributed by atoms with Crippen LogP contribution in [0.1, 0.15) is 22.9 Å². The number of anilines is 1. The Bertz CT molecular complexity index is 1110. The van der Waals surface area contributed by atoms with Crippen molar-refractivity contribution in [2.75, 3.05) is 12.4 Å². The maximum Gasteiger partial charge on any atom is 0.273 e. The van der Waals surface area contributed by atoms with Crippen LogP contribution in [0.25, 0.3) is 10.9 Å². The molecule has 0 amide bonds. The molecule has 0 spiro atoms. The molecule has 1 atom stereocenters. The number of hydrogen-bond acceptors (Lipinski definition) is 4. The Morgan fingerprint density at radius 2 is 1.82 bits per heavy atom. The van der Waals surface area contributed by atoms with E-state index in [0.29, 0.717) is 5.52 Å². The summed E-state index contributed by atoms with van der Waals surface area (Å²) in [5, 5.41) is 15.4. The van der Waals surface area contributed by atoms with E-state index in [1.54, 1.807) is 13.3 Å². The van der Waals surface area contributed by atoms with Crippen molar-refractivity contribution < 1.29 is 14.8 Å². The van der Waals surface area contributed by atoms with Crippen LogP contribution >= 0.6 is 0 Å². The Balaban J connectivity index is 1.83. The molecule has 0 aliphatic heterocycles. The maximum absolute atomic E-state index is 11.0. The molecule has 3 N–H and O–H groups in total. The van der Waals surface area contributed by atoms with Gasteiger partial charge in [-0.15, -0.1) is 0 Å². The van der Waals surface area contributed by atoms with Gasteiger partial charge in [-0.25, -0.2) is 4.98 Å². The Kier molecular flexibility index (Phi) is 4.81. The molecule has 0 unspecified atom stereocenters. The second-order valence-electron chi connectivity index (χ2n) is 6.68. The zero-order valence-corrected chi connectivity index (χ0v) is 15.8. The number of phenols is 1. The summed E-state index contributed by atoms with van der Waals surface area (Å²) in [6.07, 6.45) is 1.69. The first-order chi connectivity index (χ1) is 13.7. The van der Waals surface area contributed by atoms with Crippen LogP contribution in [-0.2, 0) is 0 Å². The lowest BCUT2D eigenvalue weighted by Gasteiger charge is -2.18. The SMILES string of the molecule is COc1ccc([C@H](Nc2cccc(C)[nH+]2)c2ccc3cccnc3c2O)cc1. The second kappa shape index (κ2) is 7.56. The third-order valence-corrected chi connectivity index (χ3v) is 4.78. The van der Waals surface area contributed by atoms with Gasteiger partial charge in [-0.05, 0) is 37.3 Å². The van der Waals surface area contributed by atoms with Gasteiger partial charge in [0.25, 0.3) is 5.82 Å². The summed E-state index contributed by atoms with van der Waals surface area (Å²) in [5.41, 5.74) is 3.39. The number of fused-ring (bicyclic) bond motifs is 1. The second-order valence-corrected chi connectivity index (χ2v) is 6.68. The third-order valence-electron chi connectivity index (χ3n) is 4.78. The standard InChI is InChI=1S/C23H21N3O2/c1-15-5-3-7-20(25-15)26-21(17-8-11-18(28-2)12-9-17)19-13-10-16-6-4-14-24-22(16)23(19)27/h3-14,21,27H,1-2H3,(H,25,26)/p+1/t21-/m0/s1. The van der Waals surface area contributed by atoms with Crippen molar-refractivity contribution in [3.05, 3.63) is 89.7 Å². The Hall–Kier alpha value is -3.60. The van der Waals surface area contributed by atoms with Gasteiger partial charge in [0.15, 0.2) is 0 Å². The van der Waals surface area contributed by atoms with Crippen LogP contribution in [0.15, 0.2) is 72.9 Å². The normalized spacial score (nSPS) is 11.9. The van der Waals surface area contributed by atoms with Crippen LogP contribution in [-0.4, -0.2) is 17.2 Å². The van der Waals surface area contributed by atoms with E-state index in [4.69, 9.17) is 4.74 Å². The quantitative estimate of drug-likeness (QED) is 0.549. The number of H-pyrrole nitrogens is 1. The van der Waals surface area contributed by atoms with Crippen LogP contribution in [0.4, 0.5) is 5.82 Å². The number of aromatic nitrogens is 2. The number of aryl methyl sites for hydroxylation is 1. The molecule has 4 aromatic rings. The molecule has 2 aromatic carbocycles. The zero-order valence-electron chi connectivity index (χ0n) is 15.8. The van der Waals surface area contributed by atoms with Gasteiger partial charge in [0, 0.05) is 28.8 Å². The topological polar surface area (TPSA) is 68.5 Å². The Labute approximate surface area is 163 Å². The van der Waals surface area contributed by atoms with Gasteiger partial charge in [0.2, 0.25) is 0 Å². The molecule has 0 aliphatic rings. The minimum atomic E-state index is -0.268. The molecule has 0 saturated heterocycles. The van der Waals surface area contributed by atoms with Gasteiger partial charge < -0.3 is 9.84 Å². The third kappa shape index (κ3) is 3.47. The lowest BCUT2D eigenvalue weighted by molar-refractivity contribution is -0.371. The average molecular weight is 372 g/mol. The molecule has 5 heteroatoms. The van der Waals surface area contributed by atoms with Crippen LogP contribution in [0.5, 0.6) is 11.5 Å². The minimum Gasteiger partial charge on any atom is -0.505 e. The van der Waals surface area contributed by atoms with Crippen molar-refractivity contribution in [2.45, 2.75) is 13.0 Å². The van der Waals surface area contributed by atoms with E-state index in [2.05, 4.69) is 15.3 Å². The fourth-order valence-electron chi connectivity index (χ4n) is 3.34. The number of aromatic amines is 1. The number of rotatable bonds is 5. The van der Waals surface area contributed by atoms with Gasteiger partial charge in [-0.1, -0.05) is 30.3 Å². The zero-order chi connectivity index (χ0) is 19.5. The number of benzene rings is 2. The minimum absolute atomic E-state index is 0.180. The van der Waals surface area contributed by atoms with Crippen molar-refractivity contribution in [3.8, 4) is 11.5 Å². The summed E-state index contributed by atoms with van der Waals surface area (Å²) < 4.78 is 5.28. The number of nitrogens with one attached hydrogen (secondary N) is 2. The molecule has 28 heavy (non-hydrogen) atoms. The smallest absolute Gasteiger partial charge is 0.273 e. The molecule has 2 aromatic heterocycles. The van der Waals surface area contributed by atoms with Gasteiger partial charge in [0.05, 0.1) is 12.8 Å². The molecule has 0 fully saturated rings. The van der Waals surface area contributed by atoms with E-state index >= 15 is 0 Å². The van der Waals surface area contributed by atoms with E-state index in [-0.39, 0.29) is 11.8 Å². The first-order valence-electron chi connectivity index (χ1n) is 9.12. The Morgan fingerprint density at radius 1 is 1.00 bits per heavy atom. The summed E-state index contributed by atoms with van der Waals surface area (Å²) >= 11 is 0. The number of phenolic OH excluding ortho intramolecular Hbond substituents is 1. The van der Waals surface area contributed by atoms with E-state index in [1.165, 1.54) is 0 Å². The lowest BCUT2D eigenvalue weighted by Crippen LogP contribution is -2.20. The van der Waals surface area contributed by atoms with Crippen molar-refractivity contribution >= 4 is 16.7 Å².